The van der Waals surface area contributed by atoms with Gasteiger partial charge in [-0.05, 0) is 42.0 Å². The lowest BCUT2D eigenvalue weighted by atomic mass is 10.1. The molecule has 0 atom stereocenters. The second kappa shape index (κ2) is 7.77. The Bertz CT molecular complexity index is 959. The topological polar surface area (TPSA) is 82.1 Å². The van der Waals surface area contributed by atoms with Gasteiger partial charge in [-0.25, -0.2) is 13.2 Å². The molecule has 0 spiro atoms. The Kier molecular flexibility index (Phi) is 5.61. The van der Waals surface area contributed by atoms with E-state index in [-0.39, 0.29) is 6.54 Å². The summed E-state index contributed by atoms with van der Waals surface area (Å²) in [5.41, 5.74) is 1.50. The van der Waals surface area contributed by atoms with Gasteiger partial charge in [0, 0.05) is 4.47 Å². The minimum Gasteiger partial charge on any atom is -0.486 e. The third-order valence-corrected chi connectivity index (χ3v) is 5.88. The van der Waals surface area contributed by atoms with E-state index in [1.54, 1.807) is 24.3 Å². The zero-order valence-corrected chi connectivity index (χ0v) is 17.2. The summed E-state index contributed by atoms with van der Waals surface area (Å²) in [4.78, 5) is 11.6. The molecule has 1 aliphatic heterocycles. The third kappa shape index (κ3) is 4.36. The first-order valence-corrected chi connectivity index (χ1v) is 10.7. The summed E-state index contributed by atoms with van der Waals surface area (Å²) in [5.74, 6) is 0.709. The number of methoxy groups -OCH3 is 1. The number of esters is 1. The fourth-order valence-electron chi connectivity index (χ4n) is 2.66. The quantitative estimate of drug-likeness (QED) is 0.644. The van der Waals surface area contributed by atoms with Crippen molar-refractivity contribution in [1.29, 1.82) is 0 Å². The molecule has 0 saturated carbocycles. The molecule has 0 amide bonds. The molecule has 0 unspecified atom stereocenters. The van der Waals surface area contributed by atoms with Crippen molar-refractivity contribution in [3.63, 3.8) is 0 Å². The number of nitrogens with zero attached hydrogens (tertiary/aromatic N) is 1. The zero-order valence-electron chi connectivity index (χ0n) is 14.8. The molecule has 1 aliphatic rings. The van der Waals surface area contributed by atoms with Gasteiger partial charge in [-0.1, -0.05) is 15.9 Å². The van der Waals surface area contributed by atoms with Gasteiger partial charge >= 0.3 is 5.97 Å². The highest BCUT2D eigenvalue weighted by Crippen LogP contribution is 2.36. The first kappa shape index (κ1) is 19.5. The molecule has 2 aromatic carbocycles. The van der Waals surface area contributed by atoms with Crippen LogP contribution >= 0.6 is 15.9 Å². The van der Waals surface area contributed by atoms with Gasteiger partial charge in [-0.2, -0.15) is 0 Å². The molecule has 0 fully saturated rings. The lowest BCUT2D eigenvalue weighted by Crippen LogP contribution is -2.29. The first-order chi connectivity index (χ1) is 12.8. The molecular formula is C18H18BrNO6S. The van der Waals surface area contributed by atoms with Crippen LogP contribution in [0.3, 0.4) is 0 Å². The van der Waals surface area contributed by atoms with E-state index in [4.69, 9.17) is 9.47 Å². The van der Waals surface area contributed by atoms with Crippen LogP contribution in [0.4, 0.5) is 5.69 Å². The van der Waals surface area contributed by atoms with Crippen molar-refractivity contribution >= 4 is 37.6 Å². The summed E-state index contributed by atoms with van der Waals surface area (Å²) in [5, 5.41) is 0. The summed E-state index contributed by atoms with van der Waals surface area (Å²) >= 11 is 3.46. The maximum atomic E-state index is 12.4. The number of anilines is 1. The number of benzene rings is 2. The van der Waals surface area contributed by atoms with Crippen LogP contribution in [0.1, 0.15) is 15.9 Å². The number of halogens is 1. The largest absolute Gasteiger partial charge is 0.486 e. The molecule has 0 aliphatic carbocycles. The summed E-state index contributed by atoms with van der Waals surface area (Å²) < 4.78 is 42.5. The number of fused-ring (bicyclic) bond motifs is 1. The summed E-state index contributed by atoms with van der Waals surface area (Å²) in [6.45, 7) is 1.01. The molecular weight excluding hydrogens is 438 g/mol. The minimum atomic E-state index is -3.57. The monoisotopic (exact) mass is 455 g/mol. The normalized spacial score (nSPS) is 13.1. The van der Waals surface area contributed by atoms with Crippen LogP contribution in [0.25, 0.3) is 0 Å². The average molecular weight is 456 g/mol. The molecule has 0 N–H and O–H groups in total. The fraction of sp³-hybridized carbons (Fsp3) is 0.278. The molecule has 0 aromatic heterocycles. The lowest BCUT2D eigenvalue weighted by molar-refractivity contribution is 0.0600. The number of ether oxygens (including phenoxy) is 3. The standard InChI is InChI=1S/C18H18BrNO6S/c1-24-18(21)12-3-5-14(6-4-12)20(27(2,22)23)11-13-9-16-17(10-15(13)19)26-8-7-25-16/h3-6,9-10H,7-8,11H2,1-2H3. The lowest BCUT2D eigenvalue weighted by Gasteiger charge is -2.25. The molecule has 7 nitrogen and oxygen atoms in total. The Morgan fingerprint density at radius 1 is 1.15 bits per heavy atom. The molecule has 2 aromatic rings. The van der Waals surface area contributed by atoms with E-state index in [1.165, 1.54) is 23.5 Å². The second-order valence-corrected chi connectivity index (χ2v) is 8.66. The van der Waals surface area contributed by atoms with E-state index in [9.17, 15) is 13.2 Å². The van der Waals surface area contributed by atoms with Crippen molar-refractivity contribution in [2.75, 3.05) is 30.9 Å². The number of carbonyl (C=O) groups is 1. The predicted octanol–water partition coefficient (Wildman–Crippen LogP) is 2.97. The summed E-state index contributed by atoms with van der Waals surface area (Å²) in [7, 11) is -2.28. The highest BCUT2D eigenvalue weighted by molar-refractivity contribution is 9.10. The third-order valence-electron chi connectivity index (χ3n) is 4.00. The molecule has 144 valence electrons. The van der Waals surface area contributed by atoms with Crippen molar-refractivity contribution in [2.24, 2.45) is 0 Å². The minimum absolute atomic E-state index is 0.0909. The Morgan fingerprint density at radius 2 is 1.74 bits per heavy atom. The number of hydrogen-bond donors (Lipinski definition) is 0. The first-order valence-electron chi connectivity index (χ1n) is 8.03. The van der Waals surface area contributed by atoms with Gasteiger partial charge in [0.2, 0.25) is 10.0 Å². The van der Waals surface area contributed by atoms with Gasteiger partial charge in [0.25, 0.3) is 0 Å². The van der Waals surface area contributed by atoms with Crippen molar-refractivity contribution in [1.82, 2.24) is 0 Å². The van der Waals surface area contributed by atoms with Gasteiger partial charge in [-0.3, -0.25) is 4.31 Å². The van der Waals surface area contributed by atoms with Crippen LogP contribution in [-0.4, -0.2) is 41.0 Å². The van der Waals surface area contributed by atoms with Crippen molar-refractivity contribution < 1.29 is 27.4 Å². The van der Waals surface area contributed by atoms with E-state index in [0.717, 1.165) is 11.8 Å². The Hall–Kier alpha value is -2.26. The number of rotatable bonds is 5. The van der Waals surface area contributed by atoms with Crippen molar-refractivity contribution in [3.8, 4) is 11.5 Å². The van der Waals surface area contributed by atoms with Crippen LogP contribution in [0.15, 0.2) is 40.9 Å². The van der Waals surface area contributed by atoms with Crippen LogP contribution < -0.4 is 13.8 Å². The SMILES string of the molecule is COC(=O)c1ccc(N(Cc2cc3c(cc2Br)OCCO3)S(C)(=O)=O)cc1. The van der Waals surface area contributed by atoms with Gasteiger partial charge in [0.1, 0.15) is 13.2 Å². The molecule has 27 heavy (non-hydrogen) atoms. The number of sulfonamides is 1. The highest BCUT2D eigenvalue weighted by atomic mass is 79.9. The summed E-state index contributed by atoms with van der Waals surface area (Å²) in [6, 6.07) is 9.72. The Balaban J connectivity index is 1.94. The Labute approximate surface area is 166 Å². The number of hydrogen-bond acceptors (Lipinski definition) is 6. The summed E-state index contributed by atoms with van der Waals surface area (Å²) in [6.07, 6.45) is 1.13. The van der Waals surface area contributed by atoms with Crippen LogP contribution in [-0.2, 0) is 21.3 Å². The van der Waals surface area contributed by atoms with Crippen LogP contribution in [0, 0.1) is 0 Å². The zero-order chi connectivity index (χ0) is 19.6. The molecule has 9 heteroatoms. The van der Waals surface area contributed by atoms with E-state index in [1.807, 2.05) is 0 Å². The van der Waals surface area contributed by atoms with Gasteiger partial charge in [0.15, 0.2) is 11.5 Å². The van der Waals surface area contributed by atoms with E-state index >= 15 is 0 Å². The second-order valence-electron chi connectivity index (χ2n) is 5.90. The van der Waals surface area contributed by atoms with E-state index in [2.05, 4.69) is 20.7 Å². The maximum Gasteiger partial charge on any atom is 0.337 e. The predicted molar refractivity (Wildman–Crippen MR) is 104 cm³/mol. The van der Waals surface area contributed by atoms with E-state index < -0.39 is 16.0 Å². The maximum absolute atomic E-state index is 12.4. The van der Waals surface area contributed by atoms with Crippen molar-refractivity contribution in [2.45, 2.75) is 6.54 Å². The van der Waals surface area contributed by atoms with Crippen LogP contribution in [0.5, 0.6) is 11.5 Å². The number of carbonyl (C=O) groups excluding carboxylic acids is 1. The highest BCUT2D eigenvalue weighted by Gasteiger charge is 2.22. The average Bonchev–Trinajstić information content (AvgIpc) is 2.65. The molecule has 3 rings (SSSR count). The Morgan fingerprint density at radius 3 is 2.30 bits per heavy atom. The van der Waals surface area contributed by atoms with Gasteiger partial charge in [0.05, 0.1) is 31.2 Å². The smallest absolute Gasteiger partial charge is 0.337 e. The van der Waals surface area contributed by atoms with E-state index in [0.29, 0.717) is 40.4 Å². The van der Waals surface area contributed by atoms with Crippen LogP contribution in [0.2, 0.25) is 0 Å². The molecule has 0 bridgehead atoms. The van der Waals surface area contributed by atoms with Gasteiger partial charge < -0.3 is 14.2 Å². The van der Waals surface area contributed by atoms with Gasteiger partial charge in [-0.15, -0.1) is 0 Å². The molecule has 0 saturated heterocycles. The fourth-order valence-corrected chi connectivity index (χ4v) is 3.99. The molecule has 0 radical (unpaired) electrons. The van der Waals surface area contributed by atoms with Crippen molar-refractivity contribution in [3.05, 3.63) is 52.0 Å². The molecule has 1 heterocycles.